The molecule has 0 saturated heterocycles. The second-order valence-electron chi connectivity index (χ2n) is 5.17. The van der Waals surface area contributed by atoms with E-state index in [2.05, 4.69) is 25.9 Å². The third-order valence-corrected chi connectivity index (χ3v) is 3.36. The average molecular weight is 361 g/mol. The van der Waals surface area contributed by atoms with E-state index in [9.17, 15) is 0 Å². The summed E-state index contributed by atoms with van der Waals surface area (Å²) in [4.78, 5) is 8.77. The van der Waals surface area contributed by atoms with Crippen molar-refractivity contribution in [1.82, 2.24) is 15.3 Å². The number of nitrogens with one attached hydrogen (secondary N) is 3. The number of nitrogens with zero attached hydrogens (tertiary/aromatic N) is 2. The first-order chi connectivity index (χ1) is 12.1. The van der Waals surface area contributed by atoms with Gasteiger partial charge < -0.3 is 25.4 Å². The maximum absolute atomic E-state index is 5.44. The van der Waals surface area contributed by atoms with Crippen molar-refractivity contribution in [3.05, 3.63) is 36.0 Å². The predicted octanol–water partition coefficient (Wildman–Crippen LogP) is 2.86. The molecule has 0 saturated carbocycles. The van der Waals surface area contributed by atoms with Crippen molar-refractivity contribution < 1.29 is 9.47 Å². The molecule has 0 atom stereocenters. The highest BCUT2D eigenvalue weighted by atomic mass is 32.1. The Hall–Kier alpha value is -2.45. The Kier molecular flexibility index (Phi) is 7.36. The van der Waals surface area contributed by atoms with Crippen LogP contribution in [0.1, 0.15) is 12.6 Å². The molecule has 0 unspecified atom stereocenters. The molecule has 0 fully saturated rings. The lowest BCUT2D eigenvalue weighted by atomic mass is 10.3. The zero-order valence-corrected chi connectivity index (χ0v) is 15.4. The molecule has 8 heteroatoms. The Morgan fingerprint density at radius 1 is 1.20 bits per heavy atom. The normalized spacial score (nSPS) is 10.2. The lowest BCUT2D eigenvalue weighted by Gasteiger charge is -2.12. The molecular weight excluding hydrogens is 338 g/mol. The predicted molar refractivity (Wildman–Crippen MR) is 104 cm³/mol. The van der Waals surface area contributed by atoms with Crippen LogP contribution in [0.4, 0.5) is 17.5 Å². The van der Waals surface area contributed by atoms with Gasteiger partial charge in [0.1, 0.15) is 11.6 Å². The van der Waals surface area contributed by atoms with Crippen LogP contribution in [0.25, 0.3) is 0 Å². The highest BCUT2D eigenvalue weighted by Crippen LogP contribution is 2.20. The van der Waals surface area contributed by atoms with E-state index in [4.69, 9.17) is 21.7 Å². The smallest absolute Gasteiger partial charge is 0.231 e. The minimum absolute atomic E-state index is 0.434. The van der Waals surface area contributed by atoms with Gasteiger partial charge in [0.2, 0.25) is 5.95 Å². The number of hydrogen-bond acceptors (Lipinski definition) is 6. The first kappa shape index (κ1) is 18.9. The van der Waals surface area contributed by atoms with E-state index in [1.165, 1.54) is 0 Å². The molecule has 0 spiro atoms. The number of anilines is 3. The fourth-order valence-corrected chi connectivity index (χ4v) is 2.24. The summed E-state index contributed by atoms with van der Waals surface area (Å²) < 4.78 is 10.4. The molecule has 134 valence electrons. The summed E-state index contributed by atoms with van der Waals surface area (Å²) in [5.41, 5.74) is 1.74. The van der Waals surface area contributed by atoms with Gasteiger partial charge in [-0.2, -0.15) is 4.98 Å². The molecule has 0 aliphatic rings. The maximum Gasteiger partial charge on any atom is 0.231 e. The second kappa shape index (κ2) is 9.75. The van der Waals surface area contributed by atoms with E-state index >= 15 is 0 Å². The lowest BCUT2D eigenvalue weighted by Crippen LogP contribution is -2.31. The van der Waals surface area contributed by atoms with Crippen molar-refractivity contribution in [3.8, 4) is 5.75 Å². The van der Waals surface area contributed by atoms with Crippen LogP contribution in [-0.2, 0) is 4.74 Å². The van der Waals surface area contributed by atoms with Crippen LogP contribution in [0.2, 0.25) is 0 Å². The fourth-order valence-electron chi connectivity index (χ4n) is 2.05. The van der Waals surface area contributed by atoms with Gasteiger partial charge in [0, 0.05) is 31.1 Å². The molecule has 0 bridgehead atoms. The SMILES string of the molecule is CCOc1ccc(Nc2cc(C)nc(NC(=S)NCCOC)n2)cc1. The van der Waals surface area contributed by atoms with Crippen molar-refractivity contribution >= 4 is 34.8 Å². The fraction of sp³-hybridized carbons (Fsp3) is 0.353. The van der Waals surface area contributed by atoms with Crippen molar-refractivity contribution in [2.75, 3.05) is 37.5 Å². The van der Waals surface area contributed by atoms with E-state index in [0.717, 1.165) is 17.1 Å². The zero-order valence-electron chi connectivity index (χ0n) is 14.6. The molecule has 1 aromatic carbocycles. The van der Waals surface area contributed by atoms with Crippen LogP contribution in [0, 0.1) is 6.92 Å². The molecular formula is C17H23N5O2S. The number of hydrogen-bond donors (Lipinski definition) is 3. The van der Waals surface area contributed by atoms with E-state index in [0.29, 0.717) is 36.6 Å². The minimum Gasteiger partial charge on any atom is -0.494 e. The molecule has 1 aromatic heterocycles. The molecule has 0 aliphatic heterocycles. The lowest BCUT2D eigenvalue weighted by molar-refractivity contribution is 0.204. The largest absolute Gasteiger partial charge is 0.494 e. The second-order valence-corrected chi connectivity index (χ2v) is 5.58. The number of thiocarbonyl (C=S) groups is 1. The summed E-state index contributed by atoms with van der Waals surface area (Å²) >= 11 is 5.21. The minimum atomic E-state index is 0.434. The van der Waals surface area contributed by atoms with Gasteiger partial charge in [0.05, 0.1) is 13.2 Å². The maximum atomic E-state index is 5.44. The summed E-state index contributed by atoms with van der Waals surface area (Å²) in [6.45, 7) is 5.69. The molecule has 0 radical (unpaired) electrons. The zero-order chi connectivity index (χ0) is 18.1. The quantitative estimate of drug-likeness (QED) is 0.489. The van der Waals surface area contributed by atoms with Crippen LogP contribution in [0.15, 0.2) is 30.3 Å². The van der Waals surface area contributed by atoms with Crippen LogP contribution in [0.3, 0.4) is 0 Å². The van der Waals surface area contributed by atoms with Crippen molar-refractivity contribution in [3.63, 3.8) is 0 Å². The van der Waals surface area contributed by atoms with Crippen LogP contribution in [0.5, 0.6) is 5.75 Å². The molecule has 7 nitrogen and oxygen atoms in total. The third kappa shape index (κ3) is 6.52. The standard InChI is InChI=1S/C17H23N5O2S/c1-4-24-14-7-5-13(6-8-14)20-15-11-12(2)19-16(21-15)22-17(25)18-9-10-23-3/h5-8,11H,4,9-10H2,1-3H3,(H3,18,19,20,21,22,25). The van der Waals surface area contributed by atoms with Crippen LogP contribution in [-0.4, -0.2) is 41.9 Å². The van der Waals surface area contributed by atoms with Gasteiger partial charge in [0.25, 0.3) is 0 Å². The summed E-state index contributed by atoms with van der Waals surface area (Å²) in [5, 5.41) is 9.70. The highest BCUT2D eigenvalue weighted by molar-refractivity contribution is 7.80. The first-order valence-electron chi connectivity index (χ1n) is 8.00. The molecule has 2 rings (SSSR count). The van der Waals surface area contributed by atoms with Crippen molar-refractivity contribution in [1.29, 1.82) is 0 Å². The summed E-state index contributed by atoms with van der Waals surface area (Å²) in [7, 11) is 1.64. The molecule has 25 heavy (non-hydrogen) atoms. The topological polar surface area (TPSA) is 80.3 Å². The van der Waals surface area contributed by atoms with E-state index < -0.39 is 0 Å². The molecule has 0 amide bonds. The Morgan fingerprint density at radius 3 is 2.64 bits per heavy atom. The molecule has 3 N–H and O–H groups in total. The average Bonchev–Trinajstić information content (AvgIpc) is 2.56. The van der Waals surface area contributed by atoms with Gasteiger partial charge in [-0.15, -0.1) is 0 Å². The van der Waals surface area contributed by atoms with E-state index in [1.807, 2.05) is 44.2 Å². The third-order valence-electron chi connectivity index (χ3n) is 3.11. The van der Waals surface area contributed by atoms with Crippen LogP contribution < -0.4 is 20.7 Å². The Morgan fingerprint density at radius 2 is 1.96 bits per heavy atom. The number of benzene rings is 1. The molecule has 2 aromatic rings. The van der Waals surface area contributed by atoms with Gasteiger partial charge in [0.15, 0.2) is 5.11 Å². The Labute approximate surface area is 153 Å². The number of ether oxygens (including phenoxy) is 2. The number of methoxy groups -OCH3 is 1. The van der Waals surface area contributed by atoms with Gasteiger partial charge in [-0.1, -0.05) is 0 Å². The summed E-state index contributed by atoms with van der Waals surface area (Å²) in [6, 6.07) is 9.56. The molecule has 0 aliphatic carbocycles. The van der Waals surface area contributed by atoms with Crippen LogP contribution >= 0.6 is 12.2 Å². The Balaban J connectivity index is 2.01. The summed E-state index contributed by atoms with van der Waals surface area (Å²) in [5.74, 6) is 1.95. The van der Waals surface area contributed by atoms with Crippen molar-refractivity contribution in [2.24, 2.45) is 0 Å². The monoisotopic (exact) mass is 361 g/mol. The number of aromatic nitrogens is 2. The van der Waals surface area contributed by atoms with E-state index in [1.54, 1.807) is 7.11 Å². The van der Waals surface area contributed by atoms with Gasteiger partial charge in [-0.3, -0.25) is 0 Å². The molecule has 1 heterocycles. The van der Waals surface area contributed by atoms with Gasteiger partial charge in [-0.05, 0) is 50.3 Å². The van der Waals surface area contributed by atoms with E-state index in [-0.39, 0.29) is 0 Å². The van der Waals surface area contributed by atoms with Gasteiger partial charge in [-0.25, -0.2) is 4.98 Å². The number of aryl methyl sites for hydroxylation is 1. The number of rotatable bonds is 8. The Bertz CT molecular complexity index is 694. The van der Waals surface area contributed by atoms with Gasteiger partial charge >= 0.3 is 0 Å². The highest BCUT2D eigenvalue weighted by Gasteiger charge is 2.05. The van der Waals surface area contributed by atoms with Crippen molar-refractivity contribution in [2.45, 2.75) is 13.8 Å². The first-order valence-corrected chi connectivity index (χ1v) is 8.41. The summed E-state index contributed by atoms with van der Waals surface area (Å²) in [6.07, 6.45) is 0.